The highest BCUT2D eigenvalue weighted by Crippen LogP contribution is 2.48. The van der Waals surface area contributed by atoms with Crippen molar-refractivity contribution in [1.29, 1.82) is 0 Å². The zero-order valence-corrected chi connectivity index (χ0v) is 26.7. The normalized spacial score (nSPS) is 26.2. The summed E-state index contributed by atoms with van der Waals surface area (Å²) >= 11 is 0. The molecule has 250 valence electrons. The molecule has 2 aliphatic rings. The van der Waals surface area contributed by atoms with E-state index < -0.39 is 46.6 Å². The fourth-order valence-corrected chi connectivity index (χ4v) is 6.37. The van der Waals surface area contributed by atoms with Crippen LogP contribution in [-0.4, -0.2) is 46.9 Å². The van der Waals surface area contributed by atoms with E-state index in [4.69, 9.17) is 29.0 Å². The lowest BCUT2D eigenvalue weighted by Gasteiger charge is -2.45. The summed E-state index contributed by atoms with van der Waals surface area (Å²) in [6.45, 7) is 2.04. The molecule has 10 heteroatoms. The second-order valence-electron chi connectivity index (χ2n) is 12.4. The van der Waals surface area contributed by atoms with Crippen molar-refractivity contribution in [3.05, 3.63) is 144 Å². The molecule has 4 atom stereocenters. The summed E-state index contributed by atoms with van der Waals surface area (Å²) < 4.78 is 11.0. The van der Waals surface area contributed by atoms with Gasteiger partial charge in [-0.05, 0) is 36.1 Å². The number of ether oxygens (including phenoxy) is 2. The lowest BCUT2D eigenvalue weighted by Crippen LogP contribution is -2.54. The minimum atomic E-state index is -2.00. The summed E-state index contributed by atoms with van der Waals surface area (Å²) in [6.07, 6.45) is 0.0198. The van der Waals surface area contributed by atoms with Crippen LogP contribution in [-0.2, 0) is 49.8 Å². The number of aliphatic hydroxyl groups is 2. The molecule has 2 N–H and O–H groups in total. The van der Waals surface area contributed by atoms with Gasteiger partial charge in [-0.15, -0.1) is 0 Å². The minimum Gasteiger partial charge on any atom is -0.462 e. The van der Waals surface area contributed by atoms with Gasteiger partial charge in [0.1, 0.15) is 25.0 Å². The molecule has 2 heterocycles. The molecule has 4 aromatic carbocycles. The second kappa shape index (κ2) is 13.6. The molecule has 48 heavy (non-hydrogen) atoms. The summed E-state index contributed by atoms with van der Waals surface area (Å²) in [4.78, 5) is 49.7. The molecule has 0 aliphatic carbocycles. The number of hydrogen-bond acceptors (Lipinski definition) is 10. The van der Waals surface area contributed by atoms with Crippen molar-refractivity contribution in [3.63, 3.8) is 0 Å². The van der Waals surface area contributed by atoms with E-state index in [9.17, 15) is 19.8 Å². The number of hydrogen-bond donors (Lipinski definition) is 2. The van der Waals surface area contributed by atoms with E-state index in [1.165, 1.54) is 13.8 Å². The molecular weight excluding hydrogens is 616 g/mol. The third-order valence-electron chi connectivity index (χ3n) is 9.08. The van der Waals surface area contributed by atoms with Crippen molar-refractivity contribution in [3.8, 4) is 0 Å². The fourth-order valence-electron chi connectivity index (χ4n) is 6.37. The van der Waals surface area contributed by atoms with E-state index >= 15 is 0 Å². The predicted molar refractivity (Wildman–Crippen MR) is 171 cm³/mol. The largest absolute Gasteiger partial charge is 0.462 e. The number of rotatable bonds is 9. The smallest absolute Gasteiger partial charge is 0.314 e. The third-order valence-corrected chi connectivity index (χ3v) is 9.08. The molecule has 0 amide bonds. The van der Waals surface area contributed by atoms with Crippen LogP contribution in [0.3, 0.4) is 0 Å². The standard InChI is InChI=1S/C38H38O10/c1-35(41)31(25-37(47-45-35,27-15-7-3-8-16-27)28-17-9-4-10-18-28)33(39)43-23-24-44-34(40)32-26-38(48-46-36(32,2)42,29-19-11-5-12-20-29)30-21-13-6-14-22-30/h3-22,31-32,41-42H,23-26H2,1-2H3. The van der Waals surface area contributed by atoms with E-state index in [-0.39, 0.29) is 26.1 Å². The van der Waals surface area contributed by atoms with Crippen LogP contribution in [0.25, 0.3) is 0 Å². The first-order valence-electron chi connectivity index (χ1n) is 15.8. The fraction of sp³-hybridized carbons (Fsp3) is 0.316. The number of carbonyl (C=O) groups is 2. The SMILES string of the molecule is CC1(O)OOC(c2ccccc2)(c2ccccc2)CC1C(=O)OCCOC(=O)C1CC(c2ccccc2)(c2ccccc2)OOC1(C)O. The van der Waals surface area contributed by atoms with E-state index in [2.05, 4.69) is 0 Å². The Labute approximate surface area is 278 Å². The lowest BCUT2D eigenvalue weighted by molar-refractivity contribution is -0.489. The Kier molecular flexibility index (Phi) is 9.48. The Morgan fingerprint density at radius 3 is 1.08 bits per heavy atom. The Hall–Kier alpha value is -4.42. The van der Waals surface area contributed by atoms with Crippen LogP contribution in [0, 0.1) is 11.8 Å². The third kappa shape index (κ3) is 6.51. The molecule has 2 aliphatic heterocycles. The van der Waals surface area contributed by atoms with Gasteiger partial charge in [-0.25, -0.2) is 9.78 Å². The summed E-state index contributed by atoms with van der Waals surface area (Å²) in [5.41, 5.74) is 0.494. The molecular formula is C38H38O10. The monoisotopic (exact) mass is 654 g/mol. The lowest BCUT2D eigenvalue weighted by atomic mass is 9.76. The van der Waals surface area contributed by atoms with Gasteiger partial charge >= 0.3 is 11.9 Å². The van der Waals surface area contributed by atoms with Crippen LogP contribution in [0.2, 0.25) is 0 Å². The van der Waals surface area contributed by atoms with Crippen molar-refractivity contribution >= 4 is 11.9 Å². The van der Waals surface area contributed by atoms with Crippen LogP contribution in [0.1, 0.15) is 48.9 Å². The first-order chi connectivity index (χ1) is 23.1. The maximum Gasteiger partial charge on any atom is 0.314 e. The molecule has 0 bridgehead atoms. The van der Waals surface area contributed by atoms with Crippen LogP contribution in [0.15, 0.2) is 121 Å². The van der Waals surface area contributed by atoms with Gasteiger partial charge in [-0.3, -0.25) is 9.59 Å². The Balaban J connectivity index is 1.14. The highest BCUT2D eigenvalue weighted by Gasteiger charge is 2.56. The molecule has 2 fully saturated rings. The zero-order chi connectivity index (χ0) is 33.8. The van der Waals surface area contributed by atoms with Crippen LogP contribution < -0.4 is 0 Å². The minimum absolute atomic E-state index is 0.00990. The highest BCUT2D eigenvalue weighted by atomic mass is 17.2. The number of benzene rings is 4. The Bertz CT molecular complexity index is 1470. The van der Waals surface area contributed by atoms with Crippen molar-refractivity contribution in [2.45, 2.75) is 49.5 Å². The van der Waals surface area contributed by atoms with Gasteiger partial charge in [0, 0.05) is 12.8 Å². The number of esters is 2. The van der Waals surface area contributed by atoms with Crippen LogP contribution in [0.4, 0.5) is 0 Å². The quantitative estimate of drug-likeness (QED) is 0.139. The Morgan fingerprint density at radius 1 is 0.542 bits per heavy atom. The molecule has 0 spiro atoms. The summed E-state index contributed by atoms with van der Waals surface area (Å²) in [6, 6.07) is 37.1. The molecule has 0 saturated carbocycles. The van der Waals surface area contributed by atoms with Gasteiger partial charge < -0.3 is 19.7 Å². The van der Waals surface area contributed by atoms with Crippen molar-refractivity contribution in [1.82, 2.24) is 0 Å². The van der Waals surface area contributed by atoms with Crippen molar-refractivity contribution in [2.75, 3.05) is 13.2 Å². The van der Waals surface area contributed by atoms with Crippen molar-refractivity contribution in [2.24, 2.45) is 11.8 Å². The molecule has 0 radical (unpaired) electrons. The molecule has 6 rings (SSSR count). The van der Waals surface area contributed by atoms with Crippen LogP contribution >= 0.6 is 0 Å². The number of carbonyl (C=O) groups excluding carboxylic acids is 2. The Morgan fingerprint density at radius 2 is 0.812 bits per heavy atom. The average Bonchev–Trinajstić information content (AvgIpc) is 3.11. The van der Waals surface area contributed by atoms with Crippen molar-refractivity contribution < 1.29 is 48.8 Å². The first-order valence-corrected chi connectivity index (χ1v) is 15.8. The predicted octanol–water partition coefficient (Wildman–Crippen LogP) is 5.31. The molecule has 4 unspecified atom stereocenters. The molecule has 4 aromatic rings. The second-order valence-corrected chi connectivity index (χ2v) is 12.4. The van der Waals surface area contributed by atoms with Gasteiger partial charge in [0.25, 0.3) is 0 Å². The van der Waals surface area contributed by atoms with Gasteiger partial charge in [0.15, 0.2) is 11.2 Å². The van der Waals surface area contributed by atoms with Gasteiger partial charge in [0.2, 0.25) is 11.6 Å². The van der Waals surface area contributed by atoms with Gasteiger partial charge in [-0.2, -0.15) is 9.78 Å². The zero-order valence-electron chi connectivity index (χ0n) is 26.7. The van der Waals surface area contributed by atoms with E-state index in [0.717, 1.165) is 22.3 Å². The highest BCUT2D eigenvalue weighted by molar-refractivity contribution is 5.75. The maximum absolute atomic E-state index is 13.5. The molecule has 10 nitrogen and oxygen atoms in total. The van der Waals surface area contributed by atoms with E-state index in [1.807, 2.05) is 121 Å². The van der Waals surface area contributed by atoms with E-state index in [1.54, 1.807) is 0 Å². The maximum atomic E-state index is 13.5. The molecule has 2 saturated heterocycles. The van der Waals surface area contributed by atoms with Crippen LogP contribution in [0.5, 0.6) is 0 Å². The summed E-state index contributed by atoms with van der Waals surface area (Å²) in [7, 11) is 0. The topological polar surface area (TPSA) is 130 Å². The average molecular weight is 655 g/mol. The molecule has 0 aromatic heterocycles. The summed E-state index contributed by atoms with van der Waals surface area (Å²) in [5.74, 6) is -7.85. The first kappa shape index (κ1) is 33.5. The van der Waals surface area contributed by atoms with E-state index in [0.29, 0.717) is 0 Å². The van der Waals surface area contributed by atoms with Gasteiger partial charge in [0.05, 0.1) is 0 Å². The van der Waals surface area contributed by atoms with Gasteiger partial charge in [-0.1, -0.05) is 121 Å². The summed E-state index contributed by atoms with van der Waals surface area (Å²) in [5, 5.41) is 22.1.